The molecule has 6 heteroatoms. The number of nitrogens with zero attached hydrogens (tertiary/aromatic N) is 1. The zero-order valence-electron chi connectivity index (χ0n) is 11.7. The number of aliphatic hydroxyl groups is 1. The molecule has 20 heavy (non-hydrogen) atoms. The van der Waals surface area contributed by atoms with Crippen molar-refractivity contribution in [2.45, 2.75) is 31.6 Å². The zero-order chi connectivity index (χ0) is 14.6. The molecule has 2 rings (SSSR count). The maximum absolute atomic E-state index is 10.2. The highest BCUT2D eigenvalue weighted by Crippen LogP contribution is 2.28. The van der Waals surface area contributed by atoms with Crippen molar-refractivity contribution in [3.8, 4) is 5.75 Å². The molecule has 2 unspecified atom stereocenters. The van der Waals surface area contributed by atoms with Crippen molar-refractivity contribution < 1.29 is 14.6 Å². The summed E-state index contributed by atoms with van der Waals surface area (Å²) in [5.41, 5.74) is 4.46. The summed E-state index contributed by atoms with van der Waals surface area (Å²) in [5.74, 6) is 0.686. The first-order valence-corrected chi connectivity index (χ1v) is 7.33. The van der Waals surface area contributed by atoms with Crippen LogP contribution < -0.4 is 10.5 Å². The second kappa shape index (κ2) is 6.49. The van der Waals surface area contributed by atoms with Crippen molar-refractivity contribution >= 4 is 21.6 Å². The molecule has 0 bridgehead atoms. The van der Waals surface area contributed by atoms with E-state index in [1.165, 1.54) is 11.5 Å². The Morgan fingerprint density at radius 1 is 1.50 bits per heavy atom. The van der Waals surface area contributed by atoms with Crippen molar-refractivity contribution in [3.05, 3.63) is 24.4 Å². The van der Waals surface area contributed by atoms with Crippen LogP contribution in [0.15, 0.2) is 24.4 Å². The van der Waals surface area contributed by atoms with Crippen LogP contribution >= 0.6 is 11.5 Å². The first-order chi connectivity index (χ1) is 9.55. The summed E-state index contributed by atoms with van der Waals surface area (Å²) in [6.45, 7) is 2.00. The normalized spacial score (nSPS) is 16.0. The molecule has 0 saturated carbocycles. The molecule has 2 aromatic rings. The maximum Gasteiger partial charge on any atom is 0.150 e. The molecular weight excluding hydrogens is 276 g/mol. The van der Waals surface area contributed by atoms with Gasteiger partial charge >= 0.3 is 0 Å². The van der Waals surface area contributed by atoms with Gasteiger partial charge in [-0.2, -0.15) is 4.37 Å². The fourth-order valence-corrected chi connectivity index (χ4v) is 2.71. The molecule has 5 nitrogen and oxygen atoms in total. The van der Waals surface area contributed by atoms with Gasteiger partial charge in [0.2, 0.25) is 0 Å². The van der Waals surface area contributed by atoms with Gasteiger partial charge < -0.3 is 20.3 Å². The average Bonchev–Trinajstić information content (AvgIpc) is 2.91. The largest absolute Gasteiger partial charge is 0.488 e. The predicted molar refractivity (Wildman–Crippen MR) is 80.0 cm³/mol. The number of ether oxygens (including phenoxy) is 2. The Bertz CT molecular complexity index is 552. The van der Waals surface area contributed by atoms with E-state index >= 15 is 0 Å². The van der Waals surface area contributed by atoms with Crippen LogP contribution in [0.3, 0.4) is 0 Å². The lowest BCUT2D eigenvalue weighted by atomic mass is 10.1. The van der Waals surface area contributed by atoms with Gasteiger partial charge in [0, 0.05) is 13.5 Å². The SMILES string of the molecule is CCC(CC(N)(O)COc1cccc2sncc12)OC. The molecule has 1 aromatic carbocycles. The van der Waals surface area contributed by atoms with Gasteiger partial charge in [-0.05, 0) is 30.1 Å². The lowest BCUT2D eigenvalue weighted by Gasteiger charge is -2.27. The Morgan fingerprint density at radius 3 is 3.00 bits per heavy atom. The van der Waals surface area contributed by atoms with Crippen LogP contribution in [-0.2, 0) is 4.74 Å². The Morgan fingerprint density at radius 2 is 2.30 bits per heavy atom. The van der Waals surface area contributed by atoms with Gasteiger partial charge in [0.05, 0.1) is 22.4 Å². The molecule has 0 aliphatic rings. The summed E-state index contributed by atoms with van der Waals surface area (Å²) < 4.78 is 16.1. The summed E-state index contributed by atoms with van der Waals surface area (Å²) in [6, 6.07) is 5.72. The molecule has 0 saturated heterocycles. The quantitative estimate of drug-likeness (QED) is 0.765. The molecule has 0 aliphatic heterocycles. The van der Waals surface area contributed by atoms with E-state index in [0.29, 0.717) is 12.2 Å². The van der Waals surface area contributed by atoms with E-state index in [-0.39, 0.29) is 12.7 Å². The minimum absolute atomic E-state index is 0.0157. The monoisotopic (exact) mass is 296 g/mol. The highest BCUT2D eigenvalue weighted by Gasteiger charge is 2.26. The molecule has 0 radical (unpaired) electrons. The summed E-state index contributed by atoms with van der Waals surface area (Å²) in [5, 5.41) is 11.1. The average molecular weight is 296 g/mol. The number of nitrogens with two attached hydrogens (primary N) is 1. The molecule has 0 aliphatic carbocycles. The van der Waals surface area contributed by atoms with Gasteiger partial charge in [0.25, 0.3) is 0 Å². The summed E-state index contributed by atoms with van der Waals surface area (Å²) >= 11 is 1.41. The number of methoxy groups -OCH3 is 1. The number of rotatable bonds is 7. The van der Waals surface area contributed by atoms with E-state index in [2.05, 4.69) is 4.37 Å². The lowest BCUT2D eigenvalue weighted by Crippen LogP contribution is -2.48. The predicted octanol–water partition coefficient (Wildman–Crippen LogP) is 2.14. The fourth-order valence-electron chi connectivity index (χ4n) is 2.04. The molecule has 110 valence electrons. The second-order valence-electron chi connectivity index (χ2n) is 4.86. The summed E-state index contributed by atoms with van der Waals surface area (Å²) in [7, 11) is 1.61. The van der Waals surface area contributed by atoms with Gasteiger partial charge in [-0.3, -0.25) is 0 Å². The standard InChI is InChI=1S/C14H20N2O3S/c1-3-10(18-2)7-14(15,17)9-19-12-5-4-6-13-11(12)8-16-20-13/h4-6,8,10,17H,3,7,9,15H2,1-2H3. The lowest BCUT2D eigenvalue weighted by molar-refractivity contribution is -0.0484. The second-order valence-corrected chi connectivity index (χ2v) is 5.69. The molecule has 1 aromatic heterocycles. The zero-order valence-corrected chi connectivity index (χ0v) is 12.5. The van der Waals surface area contributed by atoms with Crippen LogP contribution in [0.2, 0.25) is 0 Å². The van der Waals surface area contributed by atoms with E-state index in [4.69, 9.17) is 15.2 Å². The maximum atomic E-state index is 10.2. The summed E-state index contributed by atoms with van der Waals surface area (Å²) in [6.07, 6.45) is 2.81. The number of fused-ring (bicyclic) bond motifs is 1. The number of aromatic nitrogens is 1. The Kier molecular flexibility index (Phi) is 4.93. The molecule has 1 heterocycles. The first-order valence-electron chi connectivity index (χ1n) is 6.56. The van der Waals surface area contributed by atoms with Crippen LogP contribution in [0.1, 0.15) is 19.8 Å². The molecule has 0 fully saturated rings. The molecule has 0 amide bonds. The number of hydrogen-bond acceptors (Lipinski definition) is 6. The van der Waals surface area contributed by atoms with E-state index in [0.717, 1.165) is 16.5 Å². The molecule has 3 N–H and O–H groups in total. The van der Waals surface area contributed by atoms with E-state index in [1.54, 1.807) is 13.3 Å². The van der Waals surface area contributed by atoms with Crippen molar-refractivity contribution in [3.63, 3.8) is 0 Å². The third kappa shape index (κ3) is 3.67. The summed E-state index contributed by atoms with van der Waals surface area (Å²) in [4.78, 5) is 0. The number of benzene rings is 1. The Balaban J connectivity index is 2.02. The van der Waals surface area contributed by atoms with Gasteiger partial charge in [-0.15, -0.1) is 0 Å². The van der Waals surface area contributed by atoms with Crippen molar-refractivity contribution in [1.29, 1.82) is 0 Å². The Labute approximate surface area is 122 Å². The van der Waals surface area contributed by atoms with Crippen LogP contribution in [-0.4, -0.2) is 35.0 Å². The fraction of sp³-hybridized carbons (Fsp3) is 0.500. The Hall–Kier alpha value is -1.21. The van der Waals surface area contributed by atoms with E-state index < -0.39 is 5.72 Å². The highest BCUT2D eigenvalue weighted by molar-refractivity contribution is 7.13. The van der Waals surface area contributed by atoms with Crippen LogP contribution in [0.4, 0.5) is 0 Å². The third-order valence-corrected chi connectivity index (χ3v) is 3.97. The van der Waals surface area contributed by atoms with Crippen molar-refractivity contribution in [1.82, 2.24) is 4.37 Å². The van der Waals surface area contributed by atoms with Gasteiger partial charge in [0.1, 0.15) is 18.1 Å². The minimum atomic E-state index is -1.41. The van der Waals surface area contributed by atoms with Crippen LogP contribution in [0.25, 0.3) is 10.1 Å². The van der Waals surface area contributed by atoms with E-state index in [9.17, 15) is 5.11 Å². The number of hydrogen-bond donors (Lipinski definition) is 2. The molecule has 2 atom stereocenters. The third-order valence-electron chi connectivity index (χ3n) is 3.21. The first kappa shape index (κ1) is 15.2. The highest BCUT2D eigenvalue weighted by atomic mass is 32.1. The molecule has 0 spiro atoms. The smallest absolute Gasteiger partial charge is 0.150 e. The van der Waals surface area contributed by atoms with Crippen molar-refractivity contribution in [2.24, 2.45) is 5.73 Å². The van der Waals surface area contributed by atoms with Crippen LogP contribution in [0.5, 0.6) is 5.75 Å². The topological polar surface area (TPSA) is 77.6 Å². The van der Waals surface area contributed by atoms with Crippen molar-refractivity contribution in [2.75, 3.05) is 13.7 Å². The van der Waals surface area contributed by atoms with Gasteiger partial charge in [-0.25, -0.2) is 0 Å². The van der Waals surface area contributed by atoms with Gasteiger partial charge in [0.15, 0.2) is 0 Å². The molecular formula is C14H20N2O3S. The van der Waals surface area contributed by atoms with E-state index in [1.807, 2.05) is 25.1 Å². The van der Waals surface area contributed by atoms with Gasteiger partial charge in [-0.1, -0.05) is 13.0 Å². The minimum Gasteiger partial charge on any atom is -0.488 e. The van der Waals surface area contributed by atoms with Crippen LogP contribution in [0, 0.1) is 0 Å².